The fourth-order valence-electron chi connectivity index (χ4n) is 2.34. The molecular weight excluding hydrogens is 308 g/mol. The number of nitrogens with one attached hydrogen (secondary N) is 1. The number of hydrogen-bond donors (Lipinski definition) is 2. The number of aromatic hydroxyl groups is 1. The predicted octanol–water partition coefficient (Wildman–Crippen LogP) is 3.16. The van der Waals surface area contributed by atoms with Gasteiger partial charge in [-0.3, -0.25) is 0 Å². The number of para-hydroxylation sites is 1. The molecular formula is C18H16N2O4. The summed E-state index contributed by atoms with van der Waals surface area (Å²) < 4.78 is 5.05. The molecule has 0 unspecified atom stereocenters. The molecule has 2 N–H and O–H groups in total. The first-order valence-electron chi connectivity index (χ1n) is 7.36. The summed E-state index contributed by atoms with van der Waals surface area (Å²) in [6.45, 7) is 0.279. The van der Waals surface area contributed by atoms with E-state index in [1.165, 1.54) is 11.0 Å². The average molecular weight is 324 g/mol. The van der Waals surface area contributed by atoms with Gasteiger partial charge in [-0.1, -0.05) is 18.2 Å². The van der Waals surface area contributed by atoms with Crippen LogP contribution in [-0.4, -0.2) is 23.1 Å². The second-order valence-corrected chi connectivity index (χ2v) is 5.42. The number of rotatable bonds is 3. The van der Waals surface area contributed by atoms with Gasteiger partial charge >= 0.3 is 11.7 Å². The van der Waals surface area contributed by atoms with Crippen LogP contribution in [0.25, 0.3) is 11.0 Å². The van der Waals surface area contributed by atoms with E-state index in [0.29, 0.717) is 16.8 Å². The van der Waals surface area contributed by atoms with Gasteiger partial charge < -0.3 is 19.7 Å². The number of carbonyl (C=O) groups is 1. The molecule has 0 spiro atoms. The Kier molecular flexibility index (Phi) is 4.20. The highest BCUT2D eigenvalue weighted by atomic mass is 16.4. The summed E-state index contributed by atoms with van der Waals surface area (Å²) in [6.07, 6.45) is 0. The Balaban J connectivity index is 1.73. The van der Waals surface area contributed by atoms with Crippen LogP contribution in [0, 0.1) is 0 Å². The lowest BCUT2D eigenvalue weighted by atomic mass is 10.2. The van der Waals surface area contributed by atoms with Gasteiger partial charge in [-0.05, 0) is 30.3 Å². The molecule has 1 heterocycles. The van der Waals surface area contributed by atoms with Crippen LogP contribution in [0.2, 0.25) is 0 Å². The lowest BCUT2D eigenvalue weighted by molar-refractivity contribution is 0.220. The van der Waals surface area contributed by atoms with Crippen molar-refractivity contribution in [1.29, 1.82) is 0 Å². The Morgan fingerprint density at radius 1 is 1.17 bits per heavy atom. The second kappa shape index (κ2) is 6.45. The van der Waals surface area contributed by atoms with E-state index in [-0.39, 0.29) is 18.3 Å². The number of nitrogens with zero attached hydrogens (tertiary/aromatic N) is 1. The second-order valence-electron chi connectivity index (χ2n) is 5.42. The van der Waals surface area contributed by atoms with Gasteiger partial charge in [0.15, 0.2) is 0 Å². The Labute approximate surface area is 137 Å². The van der Waals surface area contributed by atoms with Crippen molar-refractivity contribution in [2.24, 2.45) is 0 Å². The van der Waals surface area contributed by atoms with E-state index in [1.807, 2.05) is 0 Å². The fraction of sp³-hybridized carbons (Fsp3) is 0.111. The molecule has 3 aromatic rings. The summed E-state index contributed by atoms with van der Waals surface area (Å²) in [6, 6.07) is 14.6. The summed E-state index contributed by atoms with van der Waals surface area (Å²) in [4.78, 5) is 24.9. The van der Waals surface area contributed by atoms with Crippen LogP contribution in [0.1, 0.15) is 5.56 Å². The zero-order valence-corrected chi connectivity index (χ0v) is 13.0. The molecule has 2 aromatic carbocycles. The Morgan fingerprint density at radius 3 is 2.75 bits per heavy atom. The van der Waals surface area contributed by atoms with Gasteiger partial charge in [0.1, 0.15) is 11.3 Å². The number of carbonyl (C=O) groups excluding carboxylic acids is 1. The molecule has 0 saturated carbocycles. The van der Waals surface area contributed by atoms with E-state index in [2.05, 4.69) is 5.32 Å². The minimum atomic E-state index is -0.415. The van der Waals surface area contributed by atoms with Crippen molar-refractivity contribution in [1.82, 2.24) is 4.90 Å². The third-order valence-corrected chi connectivity index (χ3v) is 3.62. The third kappa shape index (κ3) is 3.38. The molecule has 1 aromatic heterocycles. The summed E-state index contributed by atoms with van der Waals surface area (Å²) in [5.41, 5.74) is 1.30. The van der Waals surface area contributed by atoms with Crippen LogP contribution in [0.3, 0.4) is 0 Å². The highest BCUT2D eigenvalue weighted by Crippen LogP contribution is 2.20. The van der Waals surface area contributed by atoms with Crippen LogP contribution in [0.5, 0.6) is 5.75 Å². The zero-order chi connectivity index (χ0) is 17.1. The summed E-state index contributed by atoms with van der Waals surface area (Å²) in [5, 5.41) is 13.3. The Hall–Kier alpha value is -3.28. The summed E-state index contributed by atoms with van der Waals surface area (Å²) in [7, 11) is 1.64. The number of phenolic OH excluding ortho intramolecular Hbond substituents is 1. The highest BCUT2D eigenvalue weighted by molar-refractivity contribution is 5.92. The van der Waals surface area contributed by atoms with Gasteiger partial charge in [0, 0.05) is 29.8 Å². The maximum atomic E-state index is 12.3. The smallest absolute Gasteiger partial charge is 0.336 e. The van der Waals surface area contributed by atoms with Crippen LogP contribution in [0.4, 0.5) is 10.5 Å². The van der Waals surface area contributed by atoms with Gasteiger partial charge in [-0.15, -0.1) is 0 Å². The molecule has 0 aliphatic rings. The minimum absolute atomic E-state index is 0.151. The molecule has 0 fully saturated rings. The van der Waals surface area contributed by atoms with Gasteiger partial charge in [-0.2, -0.15) is 0 Å². The van der Waals surface area contributed by atoms with Crippen LogP contribution in [0.15, 0.2) is 63.8 Å². The van der Waals surface area contributed by atoms with Gasteiger partial charge in [0.2, 0.25) is 0 Å². The van der Waals surface area contributed by atoms with E-state index >= 15 is 0 Å². The van der Waals surface area contributed by atoms with Crippen molar-refractivity contribution in [3.05, 3.63) is 70.6 Å². The molecule has 6 heteroatoms. The molecule has 3 rings (SSSR count). The van der Waals surface area contributed by atoms with Crippen molar-refractivity contribution < 1.29 is 14.3 Å². The third-order valence-electron chi connectivity index (χ3n) is 3.62. The number of benzene rings is 2. The number of fused-ring (bicyclic) bond motifs is 1. The molecule has 0 saturated heterocycles. The van der Waals surface area contributed by atoms with Crippen molar-refractivity contribution in [3.63, 3.8) is 0 Å². The average Bonchev–Trinajstić information content (AvgIpc) is 2.57. The molecule has 24 heavy (non-hydrogen) atoms. The Bertz CT molecular complexity index is 949. The maximum absolute atomic E-state index is 12.3. The van der Waals surface area contributed by atoms with Gasteiger partial charge in [0.05, 0.1) is 6.54 Å². The minimum Gasteiger partial charge on any atom is -0.508 e. The number of hydrogen-bond acceptors (Lipinski definition) is 4. The highest BCUT2D eigenvalue weighted by Gasteiger charge is 2.11. The fourth-order valence-corrected chi connectivity index (χ4v) is 2.34. The quantitative estimate of drug-likeness (QED) is 0.725. The van der Waals surface area contributed by atoms with Crippen LogP contribution >= 0.6 is 0 Å². The monoisotopic (exact) mass is 324 g/mol. The number of urea groups is 1. The van der Waals surface area contributed by atoms with E-state index in [4.69, 9.17) is 4.42 Å². The summed E-state index contributed by atoms with van der Waals surface area (Å²) in [5.74, 6) is 0.151. The van der Waals surface area contributed by atoms with Crippen molar-refractivity contribution >= 4 is 22.7 Å². The Morgan fingerprint density at radius 2 is 1.96 bits per heavy atom. The molecule has 0 aliphatic carbocycles. The van der Waals surface area contributed by atoms with E-state index in [9.17, 15) is 14.7 Å². The van der Waals surface area contributed by atoms with Gasteiger partial charge in [0.25, 0.3) is 0 Å². The van der Waals surface area contributed by atoms with Crippen molar-refractivity contribution in [2.75, 3.05) is 12.4 Å². The zero-order valence-electron chi connectivity index (χ0n) is 13.0. The molecule has 0 aliphatic heterocycles. The van der Waals surface area contributed by atoms with E-state index in [0.717, 1.165) is 5.39 Å². The topological polar surface area (TPSA) is 82.8 Å². The lowest BCUT2D eigenvalue weighted by Crippen LogP contribution is -2.30. The standard InChI is InChI=1S/C18H16N2O4/c1-20(11-13-4-2-3-5-15(13)21)18(23)19-14-7-8-16-12(10-14)6-9-17(22)24-16/h2-10,21H,11H2,1H3,(H,19,23). The molecule has 6 nitrogen and oxygen atoms in total. The number of phenols is 1. The molecule has 0 atom stereocenters. The number of amides is 2. The number of anilines is 1. The van der Waals surface area contributed by atoms with Crippen LogP contribution in [-0.2, 0) is 6.54 Å². The first-order valence-corrected chi connectivity index (χ1v) is 7.36. The van der Waals surface area contributed by atoms with Crippen LogP contribution < -0.4 is 10.9 Å². The molecule has 122 valence electrons. The largest absolute Gasteiger partial charge is 0.508 e. The van der Waals surface area contributed by atoms with E-state index in [1.54, 1.807) is 55.6 Å². The van der Waals surface area contributed by atoms with Crippen molar-refractivity contribution in [2.45, 2.75) is 6.54 Å². The SMILES string of the molecule is CN(Cc1ccccc1O)C(=O)Nc1ccc2oc(=O)ccc2c1. The predicted molar refractivity (Wildman–Crippen MR) is 91.1 cm³/mol. The molecule has 2 amide bonds. The maximum Gasteiger partial charge on any atom is 0.336 e. The first-order chi connectivity index (χ1) is 11.5. The molecule has 0 bridgehead atoms. The molecule has 0 radical (unpaired) electrons. The first kappa shape index (κ1) is 15.6. The van der Waals surface area contributed by atoms with Crippen molar-refractivity contribution in [3.8, 4) is 5.75 Å². The normalized spacial score (nSPS) is 10.5. The lowest BCUT2D eigenvalue weighted by Gasteiger charge is -2.18. The summed E-state index contributed by atoms with van der Waals surface area (Å²) >= 11 is 0. The van der Waals surface area contributed by atoms with E-state index < -0.39 is 5.63 Å². The van der Waals surface area contributed by atoms with Gasteiger partial charge in [-0.25, -0.2) is 9.59 Å².